The number of carbonyl (C=O) groups is 1. The number of nitrogens with zero attached hydrogens (tertiary/aromatic N) is 1. The van der Waals surface area contributed by atoms with E-state index in [0.717, 1.165) is 11.1 Å². The second kappa shape index (κ2) is 7.94. The van der Waals surface area contributed by atoms with Crippen molar-refractivity contribution in [2.45, 2.75) is 33.1 Å². The van der Waals surface area contributed by atoms with Crippen molar-refractivity contribution in [3.8, 4) is 5.75 Å². The molecule has 0 radical (unpaired) electrons. The van der Waals surface area contributed by atoms with Crippen LogP contribution in [-0.4, -0.2) is 16.6 Å². The molecular formula is C24H23F2NO3. The third kappa shape index (κ3) is 4.37. The maximum absolute atomic E-state index is 13.1. The number of esters is 1. The summed E-state index contributed by atoms with van der Waals surface area (Å²) < 4.78 is 39.2. The topological polar surface area (TPSA) is 40.5 Å². The number of ether oxygens (including phenoxy) is 2. The van der Waals surface area contributed by atoms with Gasteiger partial charge in [-0.25, -0.2) is 8.78 Å². The monoisotopic (exact) mass is 411 g/mol. The van der Waals surface area contributed by atoms with Crippen LogP contribution in [0.15, 0.2) is 67.0 Å². The maximum Gasteiger partial charge on any atom is 0.315 e. The van der Waals surface area contributed by atoms with Crippen LogP contribution in [0.4, 0.5) is 8.78 Å². The molecule has 0 spiro atoms. The quantitative estimate of drug-likeness (QED) is 0.516. The van der Waals surface area contributed by atoms with Gasteiger partial charge in [-0.2, -0.15) is 0 Å². The average molecular weight is 411 g/mol. The summed E-state index contributed by atoms with van der Waals surface area (Å²) in [4.78, 5) is 12.6. The van der Waals surface area contributed by atoms with E-state index in [0.29, 0.717) is 12.2 Å². The van der Waals surface area contributed by atoms with Gasteiger partial charge in [-0.15, -0.1) is 0 Å². The summed E-state index contributed by atoms with van der Waals surface area (Å²) in [5.74, 6) is -0.759. The zero-order chi connectivity index (χ0) is 21.3. The molecule has 1 aromatic heterocycles. The first kappa shape index (κ1) is 20.1. The van der Waals surface area contributed by atoms with E-state index in [2.05, 4.69) is 0 Å². The van der Waals surface area contributed by atoms with Gasteiger partial charge in [0.2, 0.25) is 0 Å². The number of aromatic nitrogens is 1. The maximum atomic E-state index is 13.1. The van der Waals surface area contributed by atoms with Crippen LogP contribution in [0.25, 0.3) is 0 Å². The number of halogens is 2. The first-order valence-corrected chi connectivity index (χ1v) is 9.81. The molecule has 0 saturated heterocycles. The molecule has 0 aliphatic heterocycles. The normalized spacial score (nSPS) is 19.3. The van der Waals surface area contributed by atoms with Crippen LogP contribution in [0.3, 0.4) is 0 Å². The Labute approximate surface area is 174 Å². The first-order chi connectivity index (χ1) is 14.3. The van der Waals surface area contributed by atoms with Gasteiger partial charge in [0, 0.05) is 17.8 Å². The number of rotatable bonds is 7. The van der Waals surface area contributed by atoms with Crippen LogP contribution < -0.4 is 4.74 Å². The predicted octanol–water partition coefficient (Wildman–Crippen LogP) is 4.96. The van der Waals surface area contributed by atoms with Gasteiger partial charge in [0.05, 0.1) is 0 Å². The smallest absolute Gasteiger partial charge is 0.315 e. The highest BCUT2D eigenvalue weighted by molar-refractivity contribution is 5.78. The van der Waals surface area contributed by atoms with E-state index >= 15 is 0 Å². The Balaban J connectivity index is 1.30. The lowest BCUT2D eigenvalue weighted by Crippen LogP contribution is -2.14. The van der Waals surface area contributed by atoms with Crippen molar-refractivity contribution in [2.75, 3.05) is 0 Å². The standard InChI is InChI=1S/C24H23F2NO3/c1-24(2)21(22(24)30-20-9-7-19(26)8-10-20)23(28)29-15-27-12-11-17(14-27)13-16-3-5-18(25)6-4-16/h3-12,14,21-22H,13,15H2,1-2H3. The Morgan fingerprint density at radius 1 is 0.967 bits per heavy atom. The van der Waals surface area contributed by atoms with Crippen molar-refractivity contribution in [3.05, 3.63) is 89.8 Å². The van der Waals surface area contributed by atoms with Gasteiger partial charge < -0.3 is 14.0 Å². The van der Waals surface area contributed by atoms with Crippen LogP contribution >= 0.6 is 0 Å². The van der Waals surface area contributed by atoms with Crippen LogP contribution in [0.5, 0.6) is 5.75 Å². The van der Waals surface area contributed by atoms with Crippen LogP contribution in [-0.2, 0) is 22.7 Å². The number of hydrogen-bond acceptors (Lipinski definition) is 3. The van der Waals surface area contributed by atoms with Crippen molar-refractivity contribution in [1.82, 2.24) is 4.57 Å². The molecule has 2 aromatic carbocycles. The van der Waals surface area contributed by atoms with E-state index in [9.17, 15) is 13.6 Å². The number of carbonyl (C=O) groups excluding carboxylic acids is 1. The lowest BCUT2D eigenvalue weighted by Gasteiger charge is -2.07. The minimum atomic E-state index is -0.378. The SMILES string of the molecule is CC1(C)C(Oc2ccc(F)cc2)C1C(=O)OCn1ccc(Cc2ccc(F)cc2)c1. The predicted molar refractivity (Wildman–Crippen MR) is 108 cm³/mol. The molecule has 4 rings (SSSR count). The van der Waals surface area contributed by atoms with E-state index in [1.54, 1.807) is 28.8 Å². The van der Waals surface area contributed by atoms with Gasteiger partial charge in [-0.1, -0.05) is 26.0 Å². The van der Waals surface area contributed by atoms with Crippen LogP contribution in [0.1, 0.15) is 25.0 Å². The van der Waals surface area contributed by atoms with E-state index in [-0.39, 0.29) is 41.8 Å². The molecule has 1 aliphatic carbocycles. The van der Waals surface area contributed by atoms with Gasteiger partial charge in [-0.05, 0) is 60.0 Å². The number of benzene rings is 2. The third-order valence-corrected chi connectivity index (χ3v) is 5.55. The van der Waals surface area contributed by atoms with Gasteiger partial charge in [0.1, 0.15) is 29.4 Å². The lowest BCUT2D eigenvalue weighted by atomic mass is 10.1. The van der Waals surface area contributed by atoms with E-state index in [1.807, 2.05) is 32.3 Å². The minimum absolute atomic E-state index is 0.109. The summed E-state index contributed by atoms with van der Waals surface area (Å²) in [6, 6.07) is 14.1. The van der Waals surface area contributed by atoms with Crippen molar-refractivity contribution < 1.29 is 23.0 Å². The molecule has 2 unspecified atom stereocenters. The molecule has 0 bridgehead atoms. The summed E-state index contributed by atoms with van der Waals surface area (Å²) in [5.41, 5.74) is 1.70. The molecule has 1 heterocycles. The van der Waals surface area contributed by atoms with E-state index in [1.165, 1.54) is 24.3 Å². The fraction of sp³-hybridized carbons (Fsp3) is 0.292. The Morgan fingerprint density at radius 2 is 1.60 bits per heavy atom. The van der Waals surface area contributed by atoms with Gasteiger partial charge >= 0.3 is 5.97 Å². The second-order valence-corrected chi connectivity index (χ2v) is 8.22. The van der Waals surface area contributed by atoms with Crippen LogP contribution in [0.2, 0.25) is 0 Å². The zero-order valence-electron chi connectivity index (χ0n) is 16.8. The molecule has 30 heavy (non-hydrogen) atoms. The molecule has 0 N–H and O–H groups in total. The molecule has 0 amide bonds. The minimum Gasteiger partial charge on any atom is -0.489 e. The second-order valence-electron chi connectivity index (χ2n) is 8.22. The van der Waals surface area contributed by atoms with Crippen molar-refractivity contribution in [1.29, 1.82) is 0 Å². The van der Waals surface area contributed by atoms with Crippen LogP contribution in [0, 0.1) is 23.0 Å². The molecule has 1 saturated carbocycles. The third-order valence-electron chi connectivity index (χ3n) is 5.55. The first-order valence-electron chi connectivity index (χ1n) is 9.81. The summed E-state index contributed by atoms with van der Waals surface area (Å²) >= 11 is 0. The van der Waals surface area contributed by atoms with Crippen molar-refractivity contribution in [2.24, 2.45) is 11.3 Å². The van der Waals surface area contributed by atoms with Gasteiger partial charge in [0.15, 0.2) is 6.73 Å². The van der Waals surface area contributed by atoms with Gasteiger partial charge in [0.25, 0.3) is 0 Å². The highest BCUT2D eigenvalue weighted by Gasteiger charge is 2.65. The molecule has 3 aromatic rings. The van der Waals surface area contributed by atoms with Crippen molar-refractivity contribution in [3.63, 3.8) is 0 Å². The molecule has 1 aliphatic rings. The Morgan fingerprint density at radius 3 is 2.27 bits per heavy atom. The lowest BCUT2D eigenvalue weighted by molar-refractivity contribution is -0.150. The number of hydrogen-bond donors (Lipinski definition) is 0. The fourth-order valence-electron chi connectivity index (χ4n) is 3.64. The van der Waals surface area contributed by atoms with Gasteiger partial charge in [-0.3, -0.25) is 4.79 Å². The van der Waals surface area contributed by atoms with E-state index in [4.69, 9.17) is 9.47 Å². The largest absolute Gasteiger partial charge is 0.489 e. The summed E-state index contributed by atoms with van der Waals surface area (Å²) in [6.07, 6.45) is 4.11. The zero-order valence-corrected chi connectivity index (χ0v) is 16.8. The summed E-state index contributed by atoms with van der Waals surface area (Å²) in [7, 11) is 0. The molecule has 1 fully saturated rings. The summed E-state index contributed by atoms with van der Waals surface area (Å²) in [6.45, 7) is 4.01. The Kier molecular flexibility index (Phi) is 5.33. The molecule has 2 atom stereocenters. The molecule has 156 valence electrons. The fourth-order valence-corrected chi connectivity index (χ4v) is 3.64. The molecular weight excluding hydrogens is 388 g/mol. The molecule has 6 heteroatoms. The van der Waals surface area contributed by atoms with Crippen molar-refractivity contribution >= 4 is 5.97 Å². The average Bonchev–Trinajstić information content (AvgIpc) is 3.02. The summed E-state index contributed by atoms with van der Waals surface area (Å²) in [5, 5.41) is 0. The van der Waals surface area contributed by atoms with E-state index < -0.39 is 0 Å². The Bertz CT molecular complexity index is 1030. The highest BCUT2D eigenvalue weighted by atomic mass is 19.1. The highest BCUT2D eigenvalue weighted by Crippen LogP contribution is 2.54. The molecule has 4 nitrogen and oxygen atoms in total. The Hall–Kier alpha value is -3.15.